The van der Waals surface area contributed by atoms with Crippen LogP contribution in [0, 0.1) is 5.82 Å². The number of carbonyl (C=O) groups is 1. The zero-order valence-corrected chi connectivity index (χ0v) is 23.2. The number of ether oxygens (including phenoxy) is 3. The maximum atomic E-state index is 14.8. The predicted molar refractivity (Wildman–Crippen MR) is 154 cm³/mol. The Morgan fingerprint density at radius 2 is 1.90 bits per heavy atom. The number of carboxylic acid groups (broad SMARTS) is 1. The zero-order valence-electron chi connectivity index (χ0n) is 22.4. The van der Waals surface area contributed by atoms with Gasteiger partial charge in [0.1, 0.15) is 24.4 Å². The molecule has 11 heteroatoms. The number of aromatic carboxylic acids is 1. The fourth-order valence-electron chi connectivity index (χ4n) is 6.32. The number of anilines is 1. The summed E-state index contributed by atoms with van der Waals surface area (Å²) in [5, 5.41) is 9.98. The van der Waals surface area contributed by atoms with E-state index in [4.69, 9.17) is 30.8 Å². The van der Waals surface area contributed by atoms with Crippen LogP contribution in [0.2, 0.25) is 5.02 Å². The minimum absolute atomic E-state index is 0.117. The van der Waals surface area contributed by atoms with Gasteiger partial charge in [0.25, 0.3) is 0 Å². The minimum atomic E-state index is -0.976. The van der Waals surface area contributed by atoms with Gasteiger partial charge in [-0.15, -0.1) is 0 Å². The summed E-state index contributed by atoms with van der Waals surface area (Å²) >= 11 is 5.98. The van der Waals surface area contributed by atoms with Crippen molar-refractivity contribution in [3.8, 4) is 11.5 Å². The van der Waals surface area contributed by atoms with Gasteiger partial charge in [-0.05, 0) is 42.5 Å². The van der Waals surface area contributed by atoms with Crippen LogP contribution >= 0.6 is 11.6 Å². The number of halogens is 2. The molecule has 4 aliphatic heterocycles. The van der Waals surface area contributed by atoms with E-state index in [2.05, 4.69) is 14.4 Å². The van der Waals surface area contributed by atoms with E-state index in [0.29, 0.717) is 41.8 Å². The Morgan fingerprint density at radius 1 is 1.05 bits per heavy atom. The molecule has 1 unspecified atom stereocenters. The fraction of sp³-hybridized carbons (Fsp3) is 0.290. The van der Waals surface area contributed by atoms with Crippen molar-refractivity contribution in [3.63, 3.8) is 0 Å². The molecule has 9 nitrogen and oxygen atoms in total. The van der Waals surface area contributed by atoms with Crippen LogP contribution in [0.15, 0.2) is 60.3 Å². The lowest BCUT2D eigenvalue weighted by Crippen LogP contribution is -2.49. The van der Waals surface area contributed by atoms with Gasteiger partial charge in [0.15, 0.2) is 17.6 Å². The van der Waals surface area contributed by atoms with Crippen molar-refractivity contribution < 1.29 is 28.5 Å². The fourth-order valence-corrected chi connectivity index (χ4v) is 6.48. The number of para-hydroxylation sites is 1. The van der Waals surface area contributed by atoms with E-state index in [9.17, 15) is 14.3 Å². The van der Waals surface area contributed by atoms with Crippen LogP contribution in [0.1, 0.15) is 34.3 Å². The number of rotatable bonds is 4. The van der Waals surface area contributed by atoms with Gasteiger partial charge >= 0.3 is 5.97 Å². The largest absolute Gasteiger partial charge is 0.485 e. The molecular formula is C31H26ClFN4O5. The molecule has 5 heterocycles. The molecule has 0 amide bonds. The smallest absolute Gasteiger partial charge is 0.335 e. The zero-order chi connectivity index (χ0) is 28.5. The second-order valence-electron chi connectivity index (χ2n) is 10.9. The second kappa shape index (κ2) is 9.64. The first-order chi connectivity index (χ1) is 20.4. The number of carboxylic acids is 1. The van der Waals surface area contributed by atoms with Crippen LogP contribution < -0.4 is 14.4 Å². The van der Waals surface area contributed by atoms with Crippen molar-refractivity contribution in [1.29, 1.82) is 0 Å². The van der Waals surface area contributed by atoms with E-state index in [0.717, 1.165) is 53.4 Å². The average molecular weight is 589 g/mol. The number of hydrogen-bond donors (Lipinski definition) is 1. The van der Waals surface area contributed by atoms with E-state index < -0.39 is 17.9 Å². The third-order valence-corrected chi connectivity index (χ3v) is 8.70. The molecule has 8 rings (SSSR count). The van der Waals surface area contributed by atoms with Crippen LogP contribution in [0.5, 0.6) is 11.5 Å². The molecule has 1 N–H and O–H groups in total. The number of aromatic nitrogens is 2. The molecule has 2 fully saturated rings. The van der Waals surface area contributed by atoms with E-state index in [-0.39, 0.29) is 18.3 Å². The molecule has 0 bridgehead atoms. The monoisotopic (exact) mass is 588 g/mol. The Balaban J connectivity index is 1.19. The van der Waals surface area contributed by atoms with Gasteiger partial charge in [-0.3, -0.25) is 4.57 Å². The number of nitrogens with zero attached hydrogens (tertiary/aromatic N) is 4. The standard InChI is InChI=1S/C31H26ClFN4O5/c32-18-5-6-19(20(33)13-18)27-16-41-26-3-1-2-22(30(26)42-27)35-9-10-36-15-28-34-21-7-4-17(31(38)39)12-23(21)37(28)29(24(36)14-35)25-8-11-40-25/h1-7,12-13,25,27H,8-11,14-16H2,(H,38,39)/t25-,27?/m0/s1. The van der Waals surface area contributed by atoms with Gasteiger partial charge in [0.2, 0.25) is 0 Å². The summed E-state index contributed by atoms with van der Waals surface area (Å²) in [6.07, 6.45) is 0.137. The van der Waals surface area contributed by atoms with E-state index in [1.54, 1.807) is 30.3 Å². The highest BCUT2D eigenvalue weighted by Crippen LogP contribution is 2.46. The van der Waals surface area contributed by atoms with Crippen LogP contribution in [0.4, 0.5) is 10.1 Å². The highest BCUT2D eigenvalue weighted by atomic mass is 35.5. The number of hydrogen-bond acceptors (Lipinski definition) is 7. The third kappa shape index (κ3) is 4.00. The predicted octanol–water partition coefficient (Wildman–Crippen LogP) is 5.33. The maximum absolute atomic E-state index is 14.8. The lowest BCUT2D eigenvalue weighted by molar-refractivity contribution is -0.0170. The first-order valence-corrected chi connectivity index (χ1v) is 14.3. The first-order valence-electron chi connectivity index (χ1n) is 13.9. The van der Waals surface area contributed by atoms with Gasteiger partial charge in [-0.1, -0.05) is 23.7 Å². The quantitative estimate of drug-likeness (QED) is 0.342. The highest BCUT2D eigenvalue weighted by Gasteiger charge is 2.39. The Bertz CT molecular complexity index is 1800. The Morgan fingerprint density at radius 3 is 2.69 bits per heavy atom. The van der Waals surface area contributed by atoms with Crippen LogP contribution in [0.3, 0.4) is 0 Å². The molecular weight excluding hydrogens is 563 g/mol. The molecule has 1 aromatic heterocycles. The molecule has 0 aliphatic carbocycles. The molecule has 42 heavy (non-hydrogen) atoms. The molecule has 0 radical (unpaired) electrons. The molecule has 2 saturated heterocycles. The number of imidazole rings is 1. The molecule has 4 aromatic rings. The van der Waals surface area contributed by atoms with Gasteiger partial charge in [0.05, 0.1) is 53.4 Å². The van der Waals surface area contributed by atoms with Crippen LogP contribution in [-0.2, 0) is 11.3 Å². The molecule has 0 saturated carbocycles. The third-order valence-electron chi connectivity index (χ3n) is 8.46. The number of benzene rings is 3. The Hall–Kier alpha value is -4.28. The lowest BCUT2D eigenvalue weighted by Gasteiger charge is -2.45. The van der Waals surface area contributed by atoms with Gasteiger partial charge < -0.3 is 29.1 Å². The van der Waals surface area contributed by atoms with Crippen molar-refractivity contribution in [2.75, 3.05) is 37.7 Å². The summed E-state index contributed by atoms with van der Waals surface area (Å²) in [6, 6.07) is 15.4. The molecule has 3 aromatic carbocycles. The van der Waals surface area contributed by atoms with Crippen LogP contribution in [0.25, 0.3) is 16.7 Å². The minimum Gasteiger partial charge on any atom is -0.485 e. The van der Waals surface area contributed by atoms with Crippen molar-refractivity contribution in [3.05, 3.63) is 88.1 Å². The topological polar surface area (TPSA) is 89.3 Å². The second-order valence-corrected chi connectivity index (χ2v) is 11.3. The summed E-state index contributed by atoms with van der Waals surface area (Å²) in [5.41, 5.74) is 5.10. The first kappa shape index (κ1) is 25.4. The molecule has 2 atom stereocenters. The van der Waals surface area contributed by atoms with Crippen LogP contribution in [-0.4, -0.2) is 64.5 Å². The van der Waals surface area contributed by atoms with Crippen molar-refractivity contribution in [2.45, 2.75) is 25.2 Å². The summed E-state index contributed by atoms with van der Waals surface area (Å²) in [4.78, 5) is 21.2. The van der Waals surface area contributed by atoms with E-state index >= 15 is 0 Å². The maximum Gasteiger partial charge on any atom is 0.335 e. The summed E-state index contributed by atoms with van der Waals surface area (Å²) in [7, 11) is 0. The SMILES string of the molecule is O=C(O)c1ccc2nc3n(c2c1)C([C@@H]1CCO1)=C1CN(c2cccc4c2OC(c2ccc(Cl)cc2F)CO4)CCN1C3. The summed E-state index contributed by atoms with van der Waals surface area (Å²) in [6.45, 7) is 3.52. The van der Waals surface area contributed by atoms with Gasteiger partial charge in [-0.2, -0.15) is 0 Å². The van der Waals surface area contributed by atoms with Gasteiger partial charge in [-0.25, -0.2) is 14.2 Å². The molecule has 4 aliphatic rings. The van der Waals surface area contributed by atoms with Gasteiger partial charge in [0, 0.05) is 30.1 Å². The Labute approximate surface area is 245 Å². The van der Waals surface area contributed by atoms with Crippen molar-refractivity contribution in [2.24, 2.45) is 0 Å². The van der Waals surface area contributed by atoms with Crippen molar-refractivity contribution in [1.82, 2.24) is 14.5 Å². The normalized spacial score (nSPS) is 21.2. The molecule has 214 valence electrons. The number of fused-ring (bicyclic) bond motifs is 5. The average Bonchev–Trinajstić information content (AvgIpc) is 3.32. The van der Waals surface area contributed by atoms with E-state index in [1.807, 2.05) is 18.2 Å². The molecule has 0 spiro atoms. The summed E-state index contributed by atoms with van der Waals surface area (Å²) in [5.74, 6) is 0.657. The Kier molecular flexibility index (Phi) is 5.84. The lowest BCUT2D eigenvalue weighted by atomic mass is 10.0. The van der Waals surface area contributed by atoms with E-state index in [1.165, 1.54) is 6.07 Å². The number of piperazine rings is 1. The highest BCUT2D eigenvalue weighted by molar-refractivity contribution is 6.30. The van der Waals surface area contributed by atoms with Crippen molar-refractivity contribution >= 4 is 40.0 Å². The summed E-state index contributed by atoms with van der Waals surface area (Å²) < 4.78 is 35.4.